The van der Waals surface area contributed by atoms with E-state index in [1.165, 1.54) is 17.4 Å². The standard InChI is InChI=1S/C13H20N2O4S/c1-9(16)12-7-11(15(17)18)13(20-12)14(2)8-10-5-3-4-6-19-10/h7,9-10,16H,3-6,8H2,1-2H3/t9-,10?/m1/s1. The lowest BCUT2D eigenvalue weighted by Gasteiger charge is -2.27. The van der Waals surface area contributed by atoms with Crippen molar-refractivity contribution >= 4 is 22.0 Å². The monoisotopic (exact) mass is 300 g/mol. The van der Waals surface area contributed by atoms with Gasteiger partial charge in [0, 0.05) is 31.1 Å². The molecule has 20 heavy (non-hydrogen) atoms. The van der Waals surface area contributed by atoms with Crippen LogP contribution in [0.4, 0.5) is 10.7 Å². The fourth-order valence-corrected chi connectivity index (χ4v) is 3.37. The van der Waals surface area contributed by atoms with Crippen molar-refractivity contribution in [1.29, 1.82) is 0 Å². The van der Waals surface area contributed by atoms with E-state index in [4.69, 9.17) is 4.74 Å². The maximum Gasteiger partial charge on any atom is 0.304 e. The highest BCUT2D eigenvalue weighted by Gasteiger charge is 2.25. The average Bonchev–Trinajstić information content (AvgIpc) is 2.85. The summed E-state index contributed by atoms with van der Waals surface area (Å²) in [5.74, 6) is 0. The summed E-state index contributed by atoms with van der Waals surface area (Å²) in [7, 11) is 1.84. The molecule has 2 atom stereocenters. The number of hydrogen-bond donors (Lipinski definition) is 1. The molecule has 0 aromatic carbocycles. The molecule has 1 aliphatic rings. The molecule has 0 amide bonds. The van der Waals surface area contributed by atoms with Crippen LogP contribution in [0.2, 0.25) is 0 Å². The number of ether oxygens (including phenoxy) is 1. The lowest BCUT2D eigenvalue weighted by molar-refractivity contribution is -0.383. The Labute approximate surface area is 122 Å². The molecular formula is C13H20N2O4S. The van der Waals surface area contributed by atoms with Gasteiger partial charge >= 0.3 is 5.69 Å². The van der Waals surface area contributed by atoms with Gasteiger partial charge in [0.1, 0.15) is 0 Å². The third-order valence-corrected chi connectivity index (χ3v) is 4.83. The number of nitro groups is 1. The molecule has 2 heterocycles. The summed E-state index contributed by atoms with van der Waals surface area (Å²) >= 11 is 1.27. The number of anilines is 1. The van der Waals surface area contributed by atoms with Crippen LogP contribution < -0.4 is 4.90 Å². The van der Waals surface area contributed by atoms with Crippen molar-refractivity contribution in [2.75, 3.05) is 25.1 Å². The van der Waals surface area contributed by atoms with Crippen LogP contribution >= 0.6 is 11.3 Å². The first-order chi connectivity index (χ1) is 9.49. The molecule has 1 N–H and O–H groups in total. The highest BCUT2D eigenvalue weighted by Crippen LogP contribution is 2.39. The van der Waals surface area contributed by atoms with E-state index in [0.717, 1.165) is 25.9 Å². The van der Waals surface area contributed by atoms with Gasteiger partial charge in [0.2, 0.25) is 0 Å². The Balaban J connectivity index is 2.14. The van der Waals surface area contributed by atoms with Crippen LogP contribution in [0.1, 0.15) is 37.2 Å². The first-order valence-electron chi connectivity index (χ1n) is 6.78. The first kappa shape index (κ1) is 15.2. The van der Waals surface area contributed by atoms with Crippen molar-refractivity contribution in [1.82, 2.24) is 0 Å². The topological polar surface area (TPSA) is 75.8 Å². The highest BCUT2D eigenvalue weighted by molar-refractivity contribution is 7.16. The van der Waals surface area contributed by atoms with Gasteiger partial charge in [-0.1, -0.05) is 0 Å². The summed E-state index contributed by atoms with van der Waals surface area (Å²) < 4.78 is 5.67. The van der Waals surface area contributed by atoms with E-state index in [-0.39, 0.29) is 11.8 Å². The lowest BCUT2D eigenvalue weighted by atomic mass is 10.1. The fraction of sp³-hybridized carbons (Fsp3) is 0.692. The fourth-order valence-electron chi connectivity index (χ4n) is 2.34. The second-order valence-electron chi connectivity index (χ2n) is 5.14. The SMILES string of the molecule is C[C@@H](O)c1cc([N+](=O)[O-])c(N(C)CC2CCCCO2)s1. The number of thiophene rings is 1. The van der Waals surface area contributed by atoms with Crippen LogP contribution in [-0.2, 0) is 4.74 Å². The molecule has 1 unspecified atom stereocenters. The van der Waals surface area contributed by atoms with E-state index in [1.807, 2.05) is 11.9 Å². The van der Waals surface area contributed by atoms with Gasteiger partial charge in [0.05, 0.1) is 17.1 Å². The molecule has 6 nitrogen and oxygen atoms in total. The summed E-state index contributed by atoms with van der Waals surface area (Å²) in [6, 6.07) is 1.46. The molecule has 1 aromatic rings. The van der Waals surface area contributed by atoms with Crippen molar-refractivity contribution in [3.8, 4) is 0 Å². The number of likely N-dealkylation sites (N-methyl/N-ethyl adjacent to an activating group) is 1. The van der Waals surface area contributed by atoms with E-state index < -0.39 is 11.0 Å². The molecule has 1 aromatic heterocycles. The Morgan fingerprint density at radius 2 is 2.40 bits per heavy atom. The zero-order valence-corrected chi connectivity index (χ0v) is 12.6. The van der Waals surface area contributed by atoms with Gasteiger partial charge in [-0.05, 0) is 26.2 Å². The maximum absolute atomic E-state index is 11.1. The molecule has 2 rings (SSSR count). The van der Waals surface area contributed by atoms with Crippen LogP contribution in [0.3, 0.4) is 0 Å². The third-order valence-electron chi connectivity index (χ3n) is 3.42. The molecule has 1 aliphatic heterocycles. The summed E-state index contributed by atoms with van der Waals surface area (Å²) in [5.41, 5.74) is 0.0595. The van der Waals surface area contributed by atoms with Crippen molar-refractivity contribution in [3.63, 3.8) is 0 Å². The predicted octanol–water partition coefficient (Wildman–Crippen LogP) is 2.71. The number of aliphatic hydroxyl groups excluding tert-OH is 1. The molecule has 1 fully saturated rings. The highest BCUT2D eigenvalue weighted by atomic mass is 32.1. The van der Waals surface area contributed by atoms with Crippen LogP contribution in [-0.4, -0.2) is 36.3 Å². The minimum Gasteiger partial charge on any atom is -0.388 e. The molecule has 0 saturated carbocycles. The average molecular weight is 300 g/mol. The Bertz CT molecular complexity index is 469. The second-order valence-corrected chi connectivity index (χ2v) is 6.20. The first-order valence-corrected chi connectivity index (χ1v) is 7.59. The smallest absolute Gasteiger partial charge is 0.304 e. The van der Waals surface area contributed by atoms with Gasteiger partial charge in [-0.2, -0.15) is 0 Å². The Hall–Kier alpha value is -1.18. The Morgan fingerprint density at radius 3 is 2.95 bits per heavy atom. The van der Waals surface area contributed by atoms with Crippen molar-refractivity contribution in [2.45, 2.75) is 38.4 Å². The van der Waals surface area contributed by atoms with E-state index in [9.17, 15) is 15.2 Å². The van der Waals surface area contributed by atoms with Crippen LogP contribution in [0.5, 0.6) is 0 Å². The zero-order chi connectivity index (χ0) is 14.7. The van der Waals surface area contributed by atoms with Crippen LogP contribution in [0.15, 0.2) is 6.07 Å². The maximum atomic E-state index is 11.1. The number of aliphatic hydroxyl groups is 1. The van der Waals surface area contributed by atoms with Crippen molar-refractivity contribution in [3.05, 3.63) is 21.1 Å². The zero-order valence-electron chi connectivity index (χ0n) is 11.7. The van der Waals surface area contributed by atoms with Crippen LogP contribution in [0.25, 0.3) is 0 Å². The van der Waals surface area contributed by atoms with E-state index in [0.29, 0.717) is 16.4 Å². The van der Waals surface area contributed by atoms with E-state index >= 15 is 0 Å². The van der Waals surface area contributed by atoms with Crippen molar-refractivity contribution in [2.24, 2.45) is 0 Å². The van der Waals surface area contributed by atoms with Gasteiger partial charge in [-0.25, -0.2) is 0 Å². The van der Waals surface area contributed by atoms with Gasteiger partial charge < -0.3 is 14.7 Å². The van der Waals surface area contributed by atoms with Crippen molar-refractivity contribution < 1.29 is 14.8 Å². The molecule has 0 spiro atoms. The van der Waals surface area contributed by atoms with Gasteiger partial charge in [0.15, 0.2) is 5.00 Å². The number of rotatable bonds is 5. The van der Waals surface area contributed by atoms with E-state index in [2.05, 4.69) is 0 Å². The number of hydrogen-bond acceptors (Lipinski definition) is 6. The lowest BCUT2D eigenvalue weighted by Crippen LogP contribution is -2.33. The summed E-state index contributed by atoms with van der Waals surface area (Å²) in [6.45, 7) is 3.02. The summed E-state index contributed by atoms with van der Waals surface area (Å²) in [5, 5.41) is 21.3. The predicted molar refractivity (Wildman–Crippen MR) is 78.5 cm³/mol. The minimum atomic E-state index is -0.688. The molecule has 1 saturated heterocycles. The second kappa shape index (κ2) is 6.51. The third kappa shape index (κ3) is 3.47. The molecular weight excluding hydrogens is 280 g/mol. The quantitative estimate of drug-likeness (QED) is 0.668. The number of nitrogens with zero attached hydrogens (tertiary/aromatic N) is 2. The van der Waals surface area contributed by atoms with E-state index in [1.54, 1.807) is 6.92 Å². The van der Waals surface area contributed by atoms with Gasteiger partial charge in [0.25, 0.3) is 0 Å². The molecule has 112 valence electrons. The largest absolute Gasteiger partial charge is 0.388 e. The Kier molecular flexibility index (Phi) is 4.95. The van der Waals surface area contributed by atoms with Gasteiger partial charge in [-0.3, -0.25) is 10.1 Å². The molecule has 0 bridgehead atoms. The minimum absolute atomic E-state index is 0.0595. The van der Waals surface area contributed by atoms with Crippen LogP contribution in [0, 0.1) is 10.1 Å². The summed E-state index contributed by atoms with van der Waals surface area (Å²) in [6.07, 6.45) is 2.67. The molecule has 0 radical (unpaired) electrons. The Morgan fingerprint density at radius 1 is 1.65 bits per heavy atom. The molecule has 0 aliphatic carbocycles. The van der Waals surface area contributed by atoms with Gasteiger partial charge in [-0.15, -0.1) is 11.3 Å². The molecule has 7 heteroatoms. The summed E-state index contributed by atoms with van der Waals surface area (Å²) in [4.78, 5) is 13.2. The normalized spacial score (nSPS) is 20.6.